The van der Waals surface area contributed by atoms with E-state index in [0.717, 1.165) is 19.3 Å². The number of phosphoric acid groups is 1. The molecule has 1 N–H and O–H groups in total. The van der Waals surface area contributed by atoms with Crippen molar-refractivity contribution >= 4 is 13.6 Å². The number of hydrogen-bond acceptors (Lipinski definition) is 5. The summed E-state index contributed by atoms with van der Waals surface area (Å²) in [5.41, 5.74) is 0. The quantitative estimate of drug-likeness (QED) is 0.0950. The molecule has 0 saturated heterocycles. The lowest BCUT2D eigenvalue weighted by molar-refractivity contribution is -0.120. The Labute approximate surface area is 211 Å². The maximum absolute atomic E-state index is 12.1. The average Bonchev–Trinajstić information content (AvgIpc) is 2.79. The van der Waals surface area contributed by atoms with Crippen molar-refractivity contribution in [3.8, 4) is 0 Å². The van der Waals surface area contributed by atoms with Gasteiger partial charge in [-0.3, -0.25) is 13.8 Å². The van der Waals surface area contributed by atoms with E-state index in [1.807, 2.05) is 25.9 Å². The summed E-state index contributed by atoms with van der Waals surface area (Å²) in [6, 6.07) is 0. The smallest absolute Gasteiger partial charge is 0.307 e. The molecule has 0 aromatic heterocycles. The molecule has 0 heterocycles. The Kier molecular flexibility index (Phi) is 23.0. The average molecular weight is 506 g/mol. The van der Waals surface area contributed by atoms with E-state index in [1.54, 1.807) is 0 Å². The Bertz CT molecular complexity index is 515. The van der Waals surface area contributed by atoms with Crippen molar-refractivity contribution in [1.29, 1.82) is 0 Å². The van der Waals surface area contributed by atoms with Crippen LogP contribution in [0.2, 0.25) is 0 Å². The molecule has 0 aliphatic heterocycles. The zero-order chi connectivity index (χ0) is 25.5. The summed E-state index contributed by atoms with van der Waals surface area (Å²) in [5, 5.41) is 0. The second kappa shape index (κ2) is 23.2. The summed E-state index contributed by atoms with van der Waals surface area (Å²) < 4.78 is 22.3. The molecule has 0 rings (SSSR count). The summed E-state index contributed by atoms with van der Waals surface area (Å²) in [5.74, 6) is 0.156. The molecule has 0 amide bonds. The molecule has 0 aliphatic carbocycles. The molecule has 0 spiro atoms. The summed E-state index contributed by atoms with van der Waals surface area (Å²) in [6.45, 7) is 4.91. The van der Waals surface area contributed by atoms with Crippen LogP contribution in [-0.4, -0.2) is 49.4 Å². The van der Waals surface area contributed by atoms with Crippen LogP contribution in [0.25, 0.3) is 0 Å². The van der Waals surface area contributed by atoms with Crippen LogP contribution < -0.4 is 0 Å². The van der Waals surface area contributed by atoms with Gasteiger partial charge in [0.1, 0.15) is 5.78 Å². The van der Waals surface area contributed by atoms with Gasteiger partial charge in [0.05, 0.1) is 13.2 Å². The van der Waals surface area contributed by atoms with Crippen molar-refractivity contribution < 1.29 is 23.3 Å². The van der Waals surface area contributed by atoms with E-state index in [2.05, 4.69) is 6.92 Å². The maximum Gasteiger partial charge on any atom is 0.472 e. The first-order valence-electron chi connectivity index (χ1n) is 14.1. The molecular formula is C27H56NO5P. The van der Waals surface area contributed by atoms with Crippen LogP contribution in [0.15, 0.2) is 0 Å². The largest absolute Gasteiger partial charge is 0.472 e. The minimum atomic E-state index is -4.07. The number of phosphoric ester groups is 1. The van der Waals surface area contributed by atoms with Crippen molar-refractivity contribution in [1.82, 2.24) is 4.90 Å². The third-order valence-electron chi connectivity index (χ3n) is 6.39. The minimum Gasteiger partial charge on any atom is -0.307 e. The van der Waals surface area contributed by atoms with E-state index in [1.165, 1.54) is 83.5 Å². The van der Waals surface area contributed by atoms with E-state index >= 15 is 0 Å². The predicted molar refractivity (Wildman–Crippen MR) is 143 cm³/mol. The number of unbranched alkanes of at least 4 members (excludes halogenated alkanes) is 14. The fourth-order valence-electron chi connectivity index (χ4n) is 4.09. The second-order valence-corrected chi connectivity index (χ2v) is 11.6. The molecule has 0 fully saturated rings. The molecule has 204 valence electrons. The number of hydrogen-bond donors (Lipinski definition) is 1. The summed E-state index contributed by atoms with van der Waals surface area (Å²) >= 11 is 0. The number of rotatable bonds is 26. The molecule has 2 unspecified atom stereocenters. The molecule has 6 nitrogen and oxygen atoms in total. The zero-order valence-electron chi connectivity index (χ0n) is 22.9. The Morgan fingerprint density at radius 1 is 0.794 bits per heavy atom. The van der Waals surface area contributed by atoms with Gasteiger partial charge in [0.2, 0.25) is 0 Å². The first-order chi connectivity index (χ1) is 16.3. The van der Waals surface area contributed by atoms with Crippen molar-refractivity contribution in [2.45, 2.75) is 129 Å². The van der Waals surface area contributed by atoms with E-state index in [9.17, 15) is 14.3 Å². The highest BCUT2D eigenvalue weighted by atomic mass is 31.2. The van der Waals surface area contributed by atoms with E-state index in [0.29, 0.717) is 19.4 Å². The molecule has 0 aromatic carbocycles. The number of carbonyl (C=O) groups excluding carboxylic acids is 1. The van der Waals surface area contributed by atoms with Crippen LogP contribution in [0, 0.1) is 5.92 Å². The summed E-state index contributed by atoms with van der Waals surface area (Å²) in [4.78, 5) is 23.7. The minimum absolute atomic E-state index is 0.0210. The standard InChI is InChI=1S/C27H56NO5P/c1-5-7-8-9-10-11-12-13-14-15-16-17-18-19-20-21-26(24-27(29)6-2)25-33-34(30,31)32-23-22-28(3)4/h26H,5-25H2,1-4H3,(H,30,31). The Morgan fingerprint density at radius 3 is 1.71 bits per heavy atom. The zero-order valence-corrected chi connectivity index (χ0v) is 23.8. The van der Waals surface area contributed by atoms with Gasteiger partial charge in [-0.05, 0) is 26.4 Å². The van der Waals surface area contributed by atoms with Crippen molar-refractivity contribution in [3.05, 3.63) is 0 Å². The van der Waals surface area contributed by atoms with Gasteiger partial charge in [-0.1, -0.05) is 110 Å². The van der Waals surface area contributed by atoms with E-state index in [4.69, 9.17) is 9.05 Å². The molecule has 0 aliphatic rings. The highest BCUT2D eigenvalue weighted by Gasteiger charge is 2.24. The molecule has 7 heteroatoms. The topological polar surface area (TPSA) is 76.1 Å². The molecule has 2 atom stereocenters. The Hall–Kier alpha value is -0.260. The predicted octanol–water partition coefficient (Wildman–Crippen LogP) is 7.93. The molecule has 0 aromatic rings. The third kappa shape index (κ3) is 23.5. The number of nitrogens with zero attached hydrogens (tertiary/aromatic N) is 1. The molecule has 0 saturated carbocycles. The number of carbonyl (C=O) groups is 1. The molecular weight excluding hydrogens is 449 g/mol. The molecule has 34 heavy (non-hydrogen) atoms. The van der Waals surface area contributed by atoms with Crippen molar-refractivity contribution in [3.63, 3.8) is 0 Å². The first-order valence-corrected chi connectivity index (χ1v) is 15.6. The lowest BCUT2D eigenvalue weighted by Gasteiger charge is -2.19. The van der Waals surface area contributed by atoms with Crippen LogP contribution in [0.3, 0.4) is 0 Å². The monoisotopic (exact) mass is 505 g/mol. The van der Waals surface area contributed by atoms with Gasteiger partial charge in [0, 0.05) is 19.4 Å². The maximum atomic E-state index is 12.1. The van der Waals surface area contributed by atoms with Gasteiger partial charge >= 0.3 is 7.82 Å². The van der Waals surface area contributed by atoms with Gasteiger partial charge in [0.15, 0.2) is 0 Å². The summed E-state index contributed by atoms with van der Waals surface area (Å²) in [7, 11) is -0.325. The van der Waals surface area contributed by atoms with E-state index in [-0.39, 0.29) is 24.9 Å². The first kappa shape index (κ1) is 33.7. The Balaban J connectivity index is 3.85. The van der Waals surface area contributed by atoms with Gasteiger partial charge in [-0.25, -0.2) is 4.57 Å². The highest BCUT2D eigenvalue weighted by Crippen LogP contribution is 2.43. The van der Waals surface area contributed by atoms with E-state index < -0.39 is 7.82 Å². The molecule has 0 bridgehead atoms. The van der Waals surface area contributed by atoms with Crippen molar-refractivity contribution in [2.24, 2.45) is 5.92 Å². The van der Waals surface area contributed by atoms with Crippen LogP contribution in [0.5, 0.6) is 0 Å². The molecule has 0 radical (unpaired) electrons. The second-order valence-electron chi connectivity index (χ2n) is 10.1. The van der Waals surface area contributed by atoms with Gasteiger partial charge in [-0.2, -0.15) is 0 Å². The Morgan fingerprint density at radius 2 is 1.26 bits per heavy atom. The number of Topliss-reactive ketones (excluding diaryl/α,β-unsaturated/α-hetero) is 1. The lowest BCUT2D eigenvalue weighted by Crippen LogP contribution is -2.18. The fourth-order valence-corrected chi connectivity index (χ4v) is 4.88. The number of likely N-dealkylation sites (N-methyl/N-ethyl adjacent to an activating group) is 1. The fraction of sp³-hybridized carbons (Fsp3) is 0.963. The van der Waals surface area contributed by atoms with Crippen molar-refractivity contribution in [2.75, 3.05) is 33.9 Å². The number of ketones is 1. The summed E-state index contributed by atoms with van der Waals surface area (Å²) in [6.07, 6.45) is 21.6. The van der Waals surface area contributed by atoms with Gasteiger partial charge in [-0.15, -0.1) is 0 Å². The van der Waals surface area contributed by atoms with Crippen LogP contribution in [-0.2, 0) is 18.4 Å². The SMILES string of the molecule is CCCCCCCCCCCCCCCCCC(COP(=O)(O)OCCN(C)C)CC(=O)CC. The van der Waals surface area contributed by atoms with Gasteiger partial charge in [0.25, 0.3) is 0 Å². The van der Waals surface area contributed by atoms with Crippen LogP contribution in [0.1, 0.15) is 129 Å². The van der Waals surface area contributed by atoms with Crippen LogP contribution in [0.4, 0.5) is 0 Å². The third-order valence-corrected chi connectivity index (χ3v) is 7.38. The van der Waals surface area contributed by atoms with Crippen LogP contribution >= 0.6 is 7.82 Å². The lowest BCUT2D eigenvalue weighted by atomic mass is 9.95. The normalized spacial score (nSPS) is 14.4. The van der Waals surface area contributed by atoms with Gasteiger partial charge < -0.3 is 9.79 Å². The highest BCUT2D eigenvalue weighted by molar-refractivity contribution is 7.47.